The highest BCUT2D eigenvalue weighted by atomic mass is 15.1. The predicted molar refractivity (Wildman–Crippen MR) is 82.3 cm³/mol. The quantitative estimate of drug-likeness (QED) is 0.842. The van der Waals surface area contributed by atoms with E-state index >= 15 is 0 Å². The molecule has 0 aliphatic carbocycles. The van der Waals surface area contributed by atoms with Crippen molar-refractivity contribution in [3.63, 3.8) is 0 Å². The molecule has 0 amide bonds. The lowest BCUT2D eigenvalue weighted by atomic mass is 9.96. The van der Waals surface area contributed by atoms with E-state index in [0.29, 0.717) is 12.0 Å². The summed E-state index contributed by atoms with van der Waals surface area (Å²) in [6.07, 6.45) is 4.18. The molecule has 0 spiro atoms. The highest BCUT2D eigenvalue weighted by molar-refractivity contribution is 5.19. The Kier molecular flexibility index (Phi) is 5.87. The number of likely N-dealkylation sites (tertiary alicyclic amines) is 1. The molecule has 2 rings (SSSR count). The Morgan fingerprint density at radius 3 is 2.37 bits per heavy atom. The monoisotopic (exact) mass is 260 g/mol. The maximum Gasteiger partial charge on any atom is 0.0343 e. The van der Waals surface area contributed by atoms with E-state index < -0.39 is 0 Å². The number of piperidine rings is 1. The molecule has 1 heterocycles. The fourth-order valence-electron chi connectivity index (χ4n) is 2.96. The summed E-state index contributed by atoms with van der Waals surface area (Å²) in [7, 11) is 0. The summed E-state index contributed by atoms with van der Waals surface area (Å²) in [4.78, 5) is 2.60. The first kappa shape index (κ1) is 14.5. The minimum absolute atomic E-state index is 0.478. The molecule has 1 aromatic carbocycles. The van der Waals surface area contributed by atoms with Crippen LogP contribution in [0.2, 0.25) is 0 Å². The Hall–Kier alpha value is -0.860. The van der Waals surface area contributed by atoms with E-state index in [2.05, 4.69) is 54.4 Å². The van der Waals surface area contributed by atoms with Gasteiger partial charge in [-0.15, -0.1) is 0 Å². The first-order valence-electron chi connectivity index (χ1n) is 7.78. The Morgan fingerprint density at radius 2 is 1.74 bits per heavy atom. The number of hydrogen-bond acceptors (Lipinski definition) is 2. The summed E-state index contributed by atoms with van der Waals surface area (Å²) < 4.78 is 0. The van der Waals surface area contributed by atoms with Gasteiger partial charge in [0.2, 0.25) is 0 Å². The van der Waals surface area contributed by atoms with Crippen LogP contribution in [0.15, 0.2) is 30.3 Å². The number of nitrogens with one attached hydrogen (secondary N) is 1. The van der Waals surface area contributed by atoms with Gasteiger partial charge in [-0.25, -0.2) is 0 Å². The van der Waals surface area contributed by atoms with Crippen LogP contribution in [0.4, 0.5) is 0 Å². The first-order valence-corrected chi connectivity index (χ1v) is 7.78. The van der Waals surface area contributed by atoms with Crippen molar-refractivity contribution in [2.45, 2.75) is 39.2 Å². The van der Waals surface area contributed by atoms with E-state index in [0.717, 1.165) is 6.54 Å². The molecule has 2 heteroatoms. The van der Waals surface area contributed by atoms with Crippen LogP contribution in [0.1, 0.15) is 44.7 Å². The number of nitrogens with zero attached hydrogens (tertiary/aromatic N) is 1. The SMILES string of the molecule is CC(C)C(NCCN1CCCCC1)c1ccccc1. The van der Waals surface area contributed by atoms with Crippen LogP contribution in [0, 0.1) is 5.92 Å². The molecule has 1 N–H and O–H groups in total. The fraction of sp³-hybridized carbons (Fsp3) is 0.647. The van der Waals surface area contributed by atoms with Crippen molar-refractivity contribution in [1.29, 1.82) is 0 Å². The van der Waals surface area contributed by atoms with E-state index in [-0.39, 0.29) is 0 Å². The molecule has 2 nitrogen and oxygen atoms in total. The average molecular weight is 260 g/mol. The van der Waals surface area contributed by atoms with E-state index in [9.17, 15) is 0 Å². The molecule has 1 aromatic rings. The van der Waals surface area contributed by atoms with Crippen molar-refractivity contribution >= 4 is 0 Å². The number of benzene rings is 1. The first-order chi connectivity index (χ1) is 9.27. The third-order valence-corrected chi connectivity index (χ3v) is 4.07. The van der Waals surface area contributed by atoms with E-state index in [4.69, 9.17) is 0 Å². The number of rotatable bonds is 6. The lowest BCUT2D eigenvalue weighted by Gasteiger charge is -2.28. The van der Waals surface area contributed by atoms with Crippen molar-refractivity contribution in [3.05, 3.63) is 35.9 Å². The van der Waals surface area contributed by atoms with Gasteiger partial charge in [-0.2, -0.15) is 0 Å². The molecule has 1 aliphatic heterocycles. The van der Waals surface area contributed by atoms with Crippen molar-refractivity contribution in [1.82, 2.24) is 10.2 Å². The van der Waals surface area contributed by atoms with Crippen molar-refractivity contribution < 1.29 is 0 Å². The van der Waals surface area contributed by atoms with Crippen molar-refractivity contribution in [3.8, 4) is 0 Å². The Morgan fingerprint density at radius 1 is 1.05 bits per heavy atom. The second-order valence-corrected chi connectivity index (χ2v) is 5.99. The third-order valence-electron chi connectivity index (χ3n) is 4.07. The van der Waals surface area contributed by atoms with Gasteiger partial charge >= 0.3 is 0 Å². The summed E-state index contributed by atoms with van der Waals surface area (Å²) in [6.45, 7) is 9.46. The lowest BCUT2D eigenvalue weighted by molar-refractivity contribution is 0.223. The van der Waals surface area contributed by atoms with Gasteiger partial charge in [0.15, 0.2) is 0 Å². The van der Waals surface area contributed by atoms with Crippen LogP contribution in [0.5, 0.6) is 0 Å². The molecule has 1 aliphatic rings. The van der Waals surface area contributed by atoms with Crippen molar-refractivity contribution in [2.24, 2.45) is 5.92 Å². The van der Waals surface area contributed by atoms with Gasteiger partial charge in [0, 0.05) is 19.1 Å². The van der Waals surface area contributed by atoms with Gasteiger partial charge in [0.05, 0.1) is 0 Å². The zero-order valence-electron chi connectivity index (χ0n) is 12.4. The Labute approximate surface area is 118 Å². The second kappa shape index (κ2) is 7.66. The fourth-order valence-corrected chi connectivity index (χ4v) is 2.96. The van der Waals surface area contributed by atoms with Crippen LogP contribution >= 0.6 is 0 Å². The van der Waals surface area contributed by atoms with E-state index in [1.165, 1.54) is 44.5 Å². The van der Waals surface area contributed by atoms with Gasteiger partial charge in [-0.05, 0) is 37.4 Å². The molecule has 0 aromatic heterocycles. The Bertz CT molecular complexity index is 342. The highest BCUT2D eigenvalue weighted by Gasteiger charge is 2.15. The van der Waals surface area contributed by atoms with E-state index in [1.54, 1.807) is 0 Å². The smallest absolute Gasteiger partial charge is 0.0343 e. The van der Waals surface area contributed by atoms with Gasteiger partial charge in [-0.1, -0.05) is 50.6 Å². The van der Waals surface area contributed by atoms with Gasteiger partial charge in [0.1, 0.15) is 0 Å². The summed E-state index contributed by atoms with van der Waals surface area (Å²) in [5.74, 6) is 0.628. The summed E-state index contributed by atoms with van der Waals surface area (Å²) in [5.41, 5.74) is 1.41. The average Bonchev–Trinajstić information content (AvgIpc) is 2.45. The second-order valence-electron chi connectivity index (χ2n) is 5.99. The molecule has 1 unspecified atom stereocenters. The van der Waals surface area contributed by atoms with E-state index in [1.807, 2.05) is 0 Å². The molecule has 1 saturated heterocycles. The Balaban J connectivity index is 1.80. The summed E-state index contributed by atoms with van der Waals surface area (Å²) >= 11 is 0. The molecular weight excluding hydrogens is 232 g/mol. The minimum Gasteiger partial charge on any atom is -0.308 e. The molecule has 1 atom stereocenters. The van der Waals surface area contributed by atoms with Crippen LogP contribution in [0.3, 0.4) is 0 Å². The normalized spacial score (nSPS) is 18.7. The standard InChI is InChI=1S/C17H28N2/c1-15(2)17(16-9-5-3-6-10-16)18-11-14-19-12-7-4-8-13-19/h3,5-6,9-10,15,17-18H,4,7-8,11-14H2,1-2H3. The molecule has 19 heavy (non-hydrogen) atoms. The highest BCUT2D eigenvalue weighted by Crippen LogP contribution is 2.21. The maximum absolute atomic E-state index is 3.74. The van der Waals surface area contributed by atoms with Crippen LogP contribution in [0.25, 0.3) is 0 Å². The summed E-state index contributed by atoms with van der Waals surface area (Å²) in [6, 6.07) is 11.3. The zero-order chi connectivity index (χ0) is 13.5. The largest absolute Gasteiger partial charge is 0.308 e. The van der Waals surface area contributed by atoms with Crippen LogP contribution in [-0.4, -0.2) is 31.1 Å². The summed E-state index contributed by atoms with van der Waals surface area (Å²) in [5, 5.41) is 3.74. The molecule has 0 radical (unpaired) electrons. The number of hydrogen-bond donors (Lipinski definition) is 1. The molecule has 1 fully saturated rings. The molecule has 0 saturated carbocycles. The molecule has 106 valence electrons. The molecule has 0 bridgehead atoms. The predicted octanol–water partition coefficient (Wildman–Crippen LogP) is 3.46. The van der Waals surface area contributed by atoms with Gasteiger partial charge < -0.3 is 10.2 Å². The third kappa shape index (κ3) is 4.63. The zero-order valence-corrected chi connectivity index (χ0v) is 12.4. The minimum atomic E-state index is 0.478. The van der Waals surface area contributed by atoms with Gasteiger partial charge in [-0.3, -0.25) is 0 Å². The molecular formula is C17H28N2. The lowest BCUT2D eigenvalue weighted by Crippen LogP contribution is -2.37. The van der Waals surface area contributed by atoms with Crippen molar-refractivity contribution in [2.75, 3.05) is 26.2 Å². The topological polar surface area (TPSA) is 15.3 Å². The maximum atomic E-state index is 3.74. The van der Waals surface area contributed by atoms with Gasteiger partial charge in [0.25, 0.3) is 0 Å². The van der Waals surface area contributed by atoms with Crippen LogP contribution < -0.4 is 5.32 Å². The van der Waals surface area contributed by atoms with Crippen LogP contribution in [-0.2, 0) is 0 Å².